The topological polar surface area (TPSA) is 58.4 Å². The number of carbonyl (C=O) groups is 1. The van der Waals surface area contributed by atoms with Crippen molar-refractivity contribution in [3.8, 4) is 0 Å². The molecular formula is C10H19N3O. The van der Waals surface area contributed by atoms with Gasteiger partial charge in [-0.3, -0.25) is 9.69 Å². The van der Waals surface area contributed by atoms with E-state index in [0.29, 0.717) is 0 Å². The Morgan fingerprint density at radius 3 is 2.57 bits per heavy atom. The van der Waals surface area contributed by atoms with E-state index in [9.17, 15) is 4.79 Å². The summed E-state index contributed by atoms with van der Waals surface area (Å²) in [5.41, 5.74) is 5.30. The molecule has 2 saturated heterocycles. The number of rotatable bonds is 3. The number of hydrogen-bond acceptors (Lipinski definition) is 3. The molecule has 80 valence electrons. The molecule has 0 spiro atoms. The van der Waals surface area contributed by atoms with Crippen molar-refractivity contribution >= 4 is 5.91 Å². The second kappa shape index (κ2) is 4.28. The van der Waals surface area contributed by atoms with Crippen LogP contribution in [0.3, 0.4) is 0 Å². The first-order valence-corrected chi connectivity index (χ1v) is 5.51. The van der Waals surface area contributed by atoms with Crippen LogP contribution in [0.5, 0.6) is 0 Å². The highest BCUT2D eigenvalue weighted by atomic mass is 16.1. The van der Waals surface area contributed by atoms with Crippen molar-refractivity contribution in [1.29, 1.82) is 0 Å². The van der Waals surface area contributed by atoms with E-state index < -0.39 is 0 Å². The molecule has 14 heavy (non-hydrogen) atoms. The molecule has 2 aliphatic heterocycles. The third-order valence-corrected chi connectivity index (χ3v) is 3.41. The van der Waals surface area contributed by atoms with E-state index in [2.05, 4.69) is 10.2 Å². The Bertz CT molecular complexity index is 213. The first kappa shape index (κ1) is 9.93. The Morgan fingerprint density at radius 2 is 2.07 bits per heavy atom. The number of piperidine rings is 1. The quantitative estimate of drug-likeness (QED) is 0.644. The van der Waals surface area contributed by atoms with Gasteiger partial charge in [-0.05, 0) is 38.3 Å². The predicted octanol–water partition coefficient (Wildman–Crippen LogP) is -0.454. The van der Waals surface area contributed by atoms with Crippen molar-refractivity contribution in [2.24, 2.45) is 11.7 Å². The van der Waals surface area contributed by atoms with E-state index >= 15 is 0 Å². The molecule has 1 atom stereocenters. The Labute approximate surface area is 84.8 Å². The molecule has 0 aromatic heterocycles. The van der Waals surface area contributed by atoms with Crippen molar-refractivity contribution in [1.82, 2.24) is 10.2 Å². The van der Waals surface area contributed by atoms with Crippen LogP contribution in [0, 0.1) is 5.92 Å². The molecule has 0 aliphatic carbocycles. The van der Waals surface area contributed by atoms with Gasteiger partial charge in [0.1, 0.15) is 0 Å². The second-order valence-corrected chi connectivity index (χ2v) is 4.40. The number of primary amides is 1. The molecule has 2 rings (SSSR count). The fraction of sp³-hybridized carbons (Fsp3) is 0.900. The van der Waals surface area contributed by atoms with Crippen LogP contribution in [0.4, 0.5) is 0 Å². The zero-order valence-electron chi connectivity index (χ0n) is 8.54. The number of amides is 1. The summed E-state index contributed by atoms with van der Waals surface area (Å²) >= 11 is 0. The number of nitrogens with zero attached hydrogens (tertiary/aromatic N) is 1. The molecule has 4 heteroatoms. The first-order chi connectivity index (χ1) is 6.77. The molecule has 2 aliphatic rings. The van der Waals surface area contributed by atoms with Gasteiger partial charge >= 0.3 is 0 Å². The van der Waals surface area contributed by atoms with Crippen molar-refractivity contribution < 1.29 is 4.79 Å². The number of nitrogens with two attached hydrogens (primary N) is 1. The minimum atomic E-state index is -0.148. The van der Waals surface area contributed by atoms with Gasteiger partial charge in [-0.2, -0.15) is 0 Å². The SMILES string of the molecule is NC(=O)C1CCN1CC1CCNCC1. The van der Waals surface area contributed by atoms with E-state index in [1.54, 1.807) is 0 Å². The monoisotopic (exact) mass is 197 g/mol. The van der Waals surface area contributed by atoms with Gasteiger partial charge in [0.15, 0.2) is 0 Å². The Morgan fingerprint density at radius 1 is 1.36 bits per heavy atom. The molecule has 4 nitrogen and oxygen atoms in total. The van der Waals surface area contributed by atoms with E-state index in [4.69, 9.17) is 5.73 Å². The lowest BCUT2D eigenvalue weighted by atomic mass is 9.93. The van der Waals surface area contributed by atoms with Gasteiger partial charge < -0.3 is 11.1 Å². The number of likely N-dealkylation sites (tertiary alicyclic amines) is 1. The van der Waals surface area contributed by atoms with Gasteiger partial charge in [0.25, 0.3) is 0 Å². The molecule has 2 heterocycles. The van der Waals surface area contributed by atoms with Crippen LogP contribution in [0.15, 0.2) is 0 Å². The minimum absolute atomic E-state index is 0.0323. The maximum absolute atomic E-state index is 11.0. The molecule has 1 unspecified atom stereocenters. The van der Waals surface area contributed by atoms with Crippen LogP contribution in [-0.2, 0) is 4.79 Å². The van der Waals surface area contributed by atoms with Gasteiger partial charge in [0.2, 0.25) is 5.91 Å². The Kier molecular flexibility index (Phi) is 3.03. The van der Waals surface area contributed by atoms with Crippen molar-refractivity contribution in [3.63, 3.8) is 0 Å². The fourth-order valence-corrected chi connectivity index (χ4v) is 2.38. The maximum atomic E-state index is 11.0. The maximum Gasteiger partial charge on any atom is 0.234 e. The smallest absolute Gasteiger partial charge is 0.234 e. The summed E-state index contributed by atoms with van der Waals surface area (Å²) in [5, 5.41) is 3.35. The van der Waals surface area contributed by atoms with Crippen LogP contribution >= 0.6 is 0 Å². The summed E-state index contributed by atoms with van der Waals surface area (Å²) in [6.07, 6.45) is 3.43. The summed E-state index contributed by atoms with van der Waals surface area (Å²) in [4.78, 5) is 13.2. The molecule has 0 radical (unpaired) electrons. The lowest BCUT2D eigenvalue weighted by Gasteiger charge is -2.41. The van der Waals surface area contributed by atoms with Crippen LogP contribution in [-0.4, -0.2) is 43.0 Å². The average molecular weight is 197 g/mol. The van der Waals surface area contributed by atoms with Gasteiger partial charge in [-0.15, -0.1) is 0 Å². The van der Waals surface area contributed by atoms with E-state index in [0.717, 1.165) is 38.5 Å². The summed E-state index contributed by atoms with van der Waals surface area (Å²) in [6.45, 7) is 4.37. The second-order valence-electron chi connectivity index (χ2n) is 4.40. The number of nitrogens with one attached hydrogen (secondary N) is 1. The van der Waals surface area contributed by atoms with Crippen LogP contribution in [0.2, 0.25) is 0 Å². The minimum Gasteiger partial charge on any atom is -0.368 e. The predicted molar refractivity (Wildman–Crippen MR) is 54.8 cm³/mol. The normalized spacial score (nSPS) is 29.9. The number of hydrogen-bond donors (Lipinski definition) is 2. The molecule has 2 fully saturated rings. The molecule has 0 aromatic carbocycles. The van der Waals surface area contributed by atoms with Crippen LogP contribution < -0.4 is 11.1 Å². The summed E-state index contributed by atoms with van der Waals surface area (Å²) in [6, 6.07) is 0.0323. The molecule has 0 aromatic rings. The third-order valence-electron chi connectivity index (χ3n) is 3.41. The Balaban J connectivity index is 1.76. The average Bonchev–Trinajstić information content (AvgIpc) is 2.13. The summed E-state index contributed by atoms with van der Waals surface area (Å²) in [7, 11) is 0. The highest BCUT2D eigenvalue weighted by molar-refractivity contribution is 5.80. The lowest BCUT2D eigenvalue weighted by molar-refractivity contribution is -0.128. The Hall–Kier alpha value is -0.610. The van der Waals surface area contributed by atoms with Crippen LogP contribution in [0.1, 0.15) is 19.3 Å². The first-order valence-electron chi connectivity index (χ1n) is 5.51. The summed E-state index contributed by atoms with van der Waals surface area (Å²) < 4.78 is 0. The largest absolute Gasteiger partial charge is 0.368 e. The van der Waals surface area contributed by atoms with Crippen molar-refractivity contribution in [2.45, 2.75) is 25.3 Å². The molecule has 0 saturated carbocycles. The summed E-state index contributed by atoms with van der Waals surface area (Å²) in [5.74, 6) is 0.614. The zero-order valence-corrected chi connectivity index (χ0v) is 8.54. The van der Waals surface area contributed by atoms with Crippen molar-refractivity contribution in [2.75, 3.05) is 26.2 Å². The van der Waals surface area contributed by atoms with Gasteiger partial charge in [-0.1, -0.05) is 0 Å². The van der Waals surface area contributed by atoms with Crippen molar-refractivity contribution in [3.05, 3.63) is 0 Å². The van der Waals surface area contributed by atoms with Gasteiger partial charge in [0.05, 0.1) is 6.04 Å². The molecular weight excluding hydrogens is 178 g/mol. The van der Waals surface area contributed by atoms with E-state index in [-0.39, 0.29) is 11.9 Å². The lowest BCUT2D eigenvalue weighted by Crippen LogP contribution is -2.56. The van der Waals surface area contributed by atoms with Gasteiger partial charge in [-0.25, -0.2) is 0 Å². The van der Waals surface area contributed by atoms with E-state index in [1.165, 1.54) is 12.8 Å². The number of carbonyl (C=O) groups excluding carboxylic acids is 1. The highest BCUT2D eigenvalue weighted by Crippen LogP contribution is 2.22. The van der Waals surface area contributed by atoms with E-state index in [1.807, 2.05) is 0 Å². The van der Waals surface area contributed by atoms with Crippen LogP contribution in [0.25, 0.3) is 0 Å². The van der Waals surface area contributed by atoms with Gasteiger partial charge in [0, 0.05) is 13.1 Å². The third kappa shape index (κ3) is 2.07. The molecule has 0 bridgehead atoms. The fourth-order valence-electron chi connectivity index (χ4n) is 2.38. The molecule has 1 amide bonds. The standard InChI is InChI=1S/C10H19N3O/c11-10(14)9-3-6-13(9)7-8-1-4-12-5-2-8/h8-9,12H,1-7H2,(H2,11,14). The zero-order chi connectivity index (χ0) is 9.97. The highest BCUT2D eigenvalue weighted by Gasteiger charge is 2.33. The molecule has 3 N–H and O–H groups in total.